The van der Waals surface area contributed by atoms with Gasteiger partial charge >= 0.3 is 5.82 Å². The van der Waals surface area contributed by atoms with E-state index in [2.05, 4.69) is 13.7 Å². The summed E-state index contributed by atoms with van der Waals surface area (Å²) < 4.78 is 9.04. The lowest BCUT2D eigenvalue weighted by Crippen LogP contribution is -1.98. The molecule has 1 heterocycles. The minimum Gasteiger partial charge on any atom is -0.396 e. The van der Waals surface area contributed by atoms with Crippen LogP contribution in [0.2, 0.25) is 0 Å². The number of hydrogen-bond acceptors (Lipinski definition) is 5. The fraction of sp³-hybridized carbons (Fsp3) is 0.400. The van der Waals surface area contributed by atoms with E-state index >= 15 is 0 Å². The first kappa shape index (κ1) is 7.04. The summed E-state index contributed by atoms with van der Waals surface area (Å²) in [4.78, 5) is 14.6. The first-order valence-corrected chi connectivity index (χ1v) is 2.65. The molecule has 0 fully saturated rings. The van der Waals surface area contributed by atoms with E-state index in [1.807, 2.05) is 0 Å². The average Bonchev–Trinajstić information content (AvgIpc) is 2.13. The van der Waals surface area contributed by atoms with E-state index in [1.54, 1.807) is 6.92 Å². The van der Waals surface area contributed by atoms with Crippen molar-refractivity contribution in [3.05, 3.63) is 22.1 Å². The van der Waals surface area contributed by atoms with E-state index in [0.717, 1.165) is 0 Å². The van der Waals surface area contributed by atoms with Gasteiger partial charge in [0.25, 0.3) is 0 Å². The van der Waals surface area contributed by atoms with Crippen molar-refractivity contribution in [2.45, 2.75) is 13.5 Å². The van der Waals surface area contributed by atoms with E-state index in [4.69, 9.17) is 5.90 Å². The van der Waals surface area contributed by atoms with Gasteiger partial charge in [0.2, 0.25) is 0 Å². The van der Waals surface area contributed by atoms with Crippen molar-refractivity contribution < 1.29 is 13.7 Å². The van der Waals surface area contributed by atoms with Crippen molar-refractivity contribution in [1.29, 1.82) is 0 Å². The molecule has 0 saturated carbocycles. The molecular formula is C5H7NO4. The Morgan fingerprint density at radius 1 is 1.60 bits per heavy atom. The molecule has 0 saturated heterocycles. The summed E-state index contributed by atoms with van der Waals surface area (Å²) in [5, 5.41) is 0. The predicted molar refractivity (Wildman–Crippen MR) is 31.0 cm³/mol. The van der Waals surface area contributed by atoms with Crippen LogP contribution >= 0.6 is 0 Å². The molecule has 5 heteroatoms. The number of hydrogen-bond donors (Lipinski definition) is 1. The van der Waals surface area contributed by atoms with E-state index in [9.17, 15) is 4.79 Å². The summed E-state index contributed by atoms with van der Waals surface area (Å²) in [6.07, 6.45) is 0. The SMILES string of the molecule is Cc1oc(=O)oc1CON. The Bertz CT molecular complexity index is 261. The van der Waals surface area contributed by atoms with Crippen LogP contribution < -0.4 is 11.7 Å². The lowest BCUT2D eigenvalue weighted by Gasteiger charge is -1.89. The van der Waals surface area contributed by atoms with E-state index in [0.29, 0.717) is 11.5 Å². The molecule has 0 radical (unpaired) electrons. The van der Waals surface area contributed by atoms with Crippen molar-refractivity contribution >= 4 is 0 Å². The van der Waals surface area contributed by atoms with Crippen molar-refractivity contribution in [2.24, 2.45) is 5.90 Å². The van der Waals surface area contributed by atoms with Crippen LogP contribution in [-0.4, -0.2) is 0 Å². The van der Waals surface area contributed by atoms with Gasteiger partial charge < -0.3 is 8.83 Å². The van der Waals surface area contributed by atoms with Crippen LogP contribution in [0.1, 0.15) is 11.5 Å². The van der Waals surface area contributed by atoms with E-state index in [1.165, 1.54) is 0 Å². The van der Waals surface area contributed by atoms with Crippen LogP contribution in [0.3, 0.4) is 0 Å². The quantitative estimate of drug-likeness (QED) is 0.589. The summed E-state index contributed by atoms with van der Waals surface area (Å²) in [7, 11) is 0. The van der Waals surface area contributed by atoms with Gasteiger partial charge in [-0.05, 0) is 6.92 Å². The minimum absolute atomic E-state index is 0.0531. The average molecular weight is 145 g/mol. The Morgan fingerprint density at radius 3 is 2.70 bits per heavy atom. The van der Waals surface area contributed by atoms with Gasteiger partial charge in [0.1, 0.15) is 12.4 Å². The summed E-state index contributed by atoms with van der Waals surface area (Å²) in [6, 6.07) is 0. The van der Waals surface area contributed by atoms with Gasteiger partial charge in [-0.2, -0.15) is 0 Å². The second-order valence-corrected chi connectivity index (χ2v) is 1.74. The molecule has 0 bridgehead atoms. The van der Waals surface area contributed by atoms with Crippen molar-refractivity contribution in [1.82, 2.24) is 0 Å². The molecule has 0 aliphatic rings. The first-order chi connectivity index (χ1) is 4.74. The van der Waals surface area contributed by atoms with Crippen molar-refractivity contribution in [3.63, 3.8) is 0 Å². The third-order valence-corrected chi connectivity index (χ3v) is 1.05. The molecule has 0 aliphatic carbocycles. The van der Waals surface area contributed by atoms with Crippen LogP contribution in [0.25, 0.3) is 0 Å². The lowest BCUT2D eigenvalue weighted by molar-refractivity contribution is 0.107. The van der Waals surface area contributed by atoms with Crippen LogP contribution in [-0.2, 0) is 11.4 Å². The number of nitrogens with two attached hydrogens (primary N) is 1. The molecule has 1 aromatic heterocycles. The van der Waals surface area contributed by atoms with Gasteiger partial charge in [-0.15, -0.1) is 0 Å². The zero-order valence-electron chi connectivity index (χ0n) is 5.42. The smallest absolute Gasteiger partial charge is 0.396 e. The summed E-state index contributed by atoms with van der Waals surface area (Å²) >= 11 is 0. The number of aryl methyl sites for hydroxylation is 1. The third kappa shape index (κ3) is 1.26. The largest absolute Gasteiger partial charge is 0.519 e. The Hall–Kier alpha value is -1.07. The highest BCUT2D eigenvalue weighted by Gasteiger charge is 2.06. The predicted octanol–water partition coefficient (Wildman–Crippen LogP) is -0.0685. The van der Waals surface area contributed by atoms with E-state index in [-0.39, 0.29) is 6.61 Å². The first-order valence-electron chi connectivity index (χ1n) is 2.65. The molecule has 10 heavy (non-hydrogen) atoms. The topological polar surface area (TPSA) is 78.6 Å². The van der Waals surface area contributed by atoms with Crippen LogP contribution in [0.4, 0.5) is 0 Å². The summed E-state index contributed by atoms with van der Waals surface area (Å²) in [6.45, 7) is 1.65. The maximum absolute atomic E-state index is 10.4. The molecule has 0 aromatic carbocycles. The fourth-order valence-electron chi connectivity index (χ4n) is 0.582. The van der Waals surface area contributed by atoms with Gasteiger partial charge in [0, 0.05) is 0 Å². The van der Waals surface area contributed by atoms with Gasteiger partial charge in [0.05, 0.1) is 0 Å². The molecule has 0 spiro atoms. The second-order valence-electron chi connectivity index (χ2n) is 1.74. The van der Waals surface area contributed by atoms with Crippen LogP contribution in [0.5, 0.6) is 0 Å². The minimum atomic E-state index is -0.732. The standard InChI is InChI=1S/C5H7NO4/c1-3-4(2-8-6)10-5(7)9-3/h2,6H2,1H3. The summed E-state index contributed by atoms with van der Waals surface area (Å²) in [5.41, 5.74) is 0. The Labute approximate surface area is 56.3 Å². The highest BCUT2D eigenvalue weighted by atomic mass is 16.6. The summed E-state index contributed by atoms with van der Waals surface area (Å²) in [5.74, 6) is 4.73. The molecule has 0 unspecified atom stereocenters. The third-order valence-electron chi connectivity index (χ3n) is 1.05. The van der Waals surface area contributed by atoms with Crippen molar-refractivity contribution in [3.8, 4) is 0 Å². The molecule has 0 aliphatic heterocycles. The molecule has 2 N–H and O–H groups in total. The van der Waals surface area contributed by atoms with Crippen molar-refractivity contribution in [2.75, 3.05) is 0 Å². The maximum Gasteiger partial charge on any atom is 0.519 e. The Morgan fingerprint density at radius 2 is 2.30 bits per heavy atom. The van der Waals surface area contributed by atoms with E-state index < -0.39 is 5.82 Å². The fourth-order valence-corrected chi connectivity index (χ4v) is 0.582. The zero-order chi connectivity index (χ0) is 7.56. The van der Waals surface area contributed by atoms with Crippen LogP contribution in [0.15, 0.2) is 13.6 Å². The molecule has 56 valence electrons. The Kier molecular flexibility index (Phi) is 1.88. The molecular weight excluding hydrogens is 138 g/mol. The van der Waals surface area contributed by atoms with Crippen LogP contribution in [0, 0.1) is 6.92 Å². The second kappa shape index (κ2) is 2.68. The molecule has 0 amide bonds. The molecule has 1 aromatic rings. The lowest BCUT2D eigenvalue weighted by atomic mass is 10.4. The van der Waals surface area contributed by atoms with Gasteiger partial charge in [-0.1, -0.05) is 0 Å². The normalized spacial score (nSPS) is 10.2. The highest BCUT2D eigenvalue weighted by Crippen LogP contribution is 2.04. The monoisotopic (exact) mass is 145 g/mol. The van der Waals surface area contributed by atoms with Gasteiger partial charge in [0.15, 0.2) is 5.76 Å². The zero-order valence-corrected chi connectivity index (χ0v) is 5.42. The maximum atomic E-state index is 10.4. The molecule has 1 rings (SSSR count). The van der Waals surface area contributed by atoms with Gasteiger partial charge in [-0.25, -0.2) is 10.7 Å². The molecule has 0 atom stereocenters. The highest BCUT2D eigenvalue weighted by molar-refractivity contribution is 4.97. The Balaban J connectivity index is 2.92. The molecule has 5 nitrogen and oxygen atoms in total. The van der Waals surface area contributed by atoms with Gasteiger partial charge in [-0.3, -0.25) is 4.84 Å². The number of rotatable bonds is 2.